The molecule has 168 valence electrons. The number of nitrogens with zero attached hydrogens (tertiary/aromatic N) is 1. The summed E-state index contributed by atoms with van der Waals surface area (Å²) in [6.07, 6.45) is 0. The number of nitrogens with one attached hydrogen (secondary N) is 1. The van der Waals surface area contributed by atoms with Crippen LogP contribution in [0.3, 0.4) is 0 Å². The highest BCUT2D eigenvalue weighted by atomic mass is 79.9. The molecule has 3 aromatic rings. The number of methoxy groups -OCH3 is 2. The van der Waals surface area contributed by atoms with Gasteiger partial charge in [-0.05, 0) is 42.5 Å². The lowest BCUT2D eigenvalue weighted by Gasteiger charge is -2.26. The number of hydrogen-bond acceptors (Lipinski definition) is 5. The maximum atomic E-state index is 14.2. The van der Waals surface area contributed by atoms with Crippen LogP contribution in [0.25, 0.3) is 0 Å². The first-order valence-corrected chi connectivity index (χ1v) is 11.5. The fraction of sp³-hybridized carbons (Fsp3) is 0.136. The molecule has 0 saturated carbocycles. The molecular formula is C22H20BrFN2O5S. The molecule has 0 bridgehead atoms. The van der Waals surface area contributed by atoms with Crippen molar-refractivity contribution in [3.8, 4) is 11.5 Å². The van der Waals surface area contributed by atoms with Crippen LogP contribution in [-0.4, -0.2) is 35.1 Å². The summed E-state index contributed by atoms with van der Waals surface area (Å²) in [6, 6.07) is 16.4. The monoisotopic (exact) mass is 522 g/mol. The van der Waals surface area contributed by atoms with Crippen LogP contribution in [0.15, 0.2) is 76.1 Å². The predicted molar refractivity (Wildman–Crippen MR) is 123 cm³/mol. The summed E-state index contributed by atoms with van der Waals surface area (Å²) in [7, 11) is -1.36. The Kier molecular flexibility index (Phi) is 7.37. The summed E-state index contributed by atoms with van der Waals surface area (Å²) < 4.78 is 53.1. The van der Waals surface area contributed by atoms with Crippen LogP contribution >= 0.6 is 15.9 Å². The highest BCUT2D eigenvalue weighted by Gasteiger charge is 2.30. The minimum Gasteiger partial charge on any atom is -0.497 e. The molecule has 0 radical (unpaired) electrons. The second-order valence-electron chi connectivity index (χ2n) is 6.53. The molecular weight excluding hydrogens is 503 g/mol. The number of benzene rings is 3. The SMILES string of the molecule is COc1ccc(OC)c(N(CC(=O)Nc2ccc(Br)cc2F)S(=O)(=O)c2ccccc2)c1. The van der Waals surface area contributed by atoms with E-state index in [2.05, 4.69) is 21.2 Å². The molecule has 1 amide bonds. The van der Waals surface area contributed by atoms with E-state index in [0.29, 0.717) is 10.2 Å². The van der Waals surface area contributed by atoms with E-state index in [9.17, 15) is 17.6 Å². The van der Waals surface area contributed by atoms with E-state index < -0.39 is 28.3 Å². The number of sulfonamides is 1. The molecule has 7 nitrogen and oxygen atoms in total. The number of carbonyl (C=O) groups excluding carboxylic acids is 1. The zero-order chi connectivity index (χ0) is 23.3. The van der Waals surface area contributed by atoms with Gasteiger partial charge in [0.25, 0.3) is 10.0 Å². The smallest absolute Gasteiger partial charge is 0.264 e. The van der Waals surface area contributed by atoms with E-state index in [-0.39, 0.29) is 22.0 Å². The van der Waals surface area contributed by atoms with Crippen molar-refractivity contribution in [1.29, 1.82) is 0 Å². The molecule has 0 aromatic heterocycles. The van der Waals surface area contributed by atoms with E-state index in [1.807, 2.05) is 0 Å². The number of hydrogen-bond donors (Lipinski definition) is 1. The zero-order valence-electron chi connectivity index (χ0n) is 17.2. The van der Waals surface area contributed by atoms with Gasteiger partial charge in [-0.3, -0.25) is 9.10 Å². The van der Waals surface area contributed by atoms with Crippen molar-refractivity contribution in [3.63, 3.8) is 0 Å². The summed E-state index contributed by atoms with van der Waals surface area (Å²) in [4.78, 5) is 12.8. The zero-order valence-corrected chi connectivity index (χ0v) is 19.6. The third kappa shape index (κ3) is 5.20. The number of anilines is 2. The van der Waals surface area contributed by atoms with Gasteiger partial charge in [-0.25, -0.2) is 12.8 Å². The summed E-state index contributed by atoms with van der Waals surface area (Å²) >= 11 is 3.15. The number of halogens is 2. The molecule has 3 aromatic carbocycles. The maximum absolute atomic E-state index is 14.2. The molecule has 0 aliphatic carbocycles. The average molecular weight is 523 g/mol. The molecule has 0 spiro atoms. The Morgan fingerprint density at radius 3 is 2.38 bits per heavy atom. The van der Waals surface area contributed by atoms with E-state index in [0.717, 1.165) is 4.31 Å². The summed E-state index contributed by atoms with van der Waals surface area (Å²) in [5.41, 5.74) is 0.0231. The number of carbonyl (C=O) groups is 1. The summed E-state index contributed by atoms with van der Waals surface area (Å²) in [5.74, 6) is -0.818. The number of ether oxygens (including phenoxy) is 2. The third-order valence-corrected chi connectivity index (χ3v) is 6.75. The van der Waals surface area contributed by atoms with Crippen LogP contribution in [0.1, 0.15) is 0 Å². The normalized spacial score (nSPS) is 11.0. The molecule has 32 heavy (non-hydrogen) atoms. The van der Waals surface area contributed by atoms with Gasteiger partial charge in [0.1, 0.15) is 23.9 Å². The van der Waals surface area contributed by atoms with Gasteiger partial charge in [0.15, 0.2) is 0 Å². The molecule has 10 heteroatoms. The summed E-state index contributed by atoms with van der Waals surface area (Å²) in [6.45, 7) is -0.629. The van der Waals surface area contributed by atoms with Gasteiger partial charge in [0.05, 0.1) is 30.5 Å². The Morgan fingerprint density at radius 2 is 1.75 bits per heavy atom. The molecule has 0 saturated heterocycles. The predicted octanol–water partition coefficient (Wildman–Crippen LogP) is 4.44. The molecule has 0 atom stereocenters. The van der Waals surface area contributed by atoms with Gasteiger partial charge in [-0.1, -0.05) is 34.1 Å². The third-order valence-electron chi connectivity index (χ3n) is 4.48. The minimum absolute atomic E-state index is 0.0208. The molecule has 3 rings (SSSR count). The van der Waals surface area contributed by atoms with Crippen molar-refractivity contribution >= 4 is 43.2 Å². The minimum atomic E-state index is -4.18. The maximum Gasteiger partial charge on any atom is 0.264 e. The van der Waals surface area contributed by atoms with E-state index in [4.69, 9.17) is 9.47 Å². The highest BCUT2D eigenvalue weighted by Crippen LogP contribution is 2.35. The van der Waals surface area contributed by atoms with Crippen LogP contribution in [0.2, 0.25) is 0 Å². The lowest BCUT2D eigenvalue weighted by atomic mass is 10.2. The molecule has 0 fully saturated rings. The van der Waals surface area contributed by atoms with Gasteiger partial charge < -0.3 is 14.8 Å². The first-order chi connectivity index (χ1) is 15.3. The molecule has 1 N–H and O–H groups in total. The van der Waals surface area contributed by atoms with Crippen LogP contribution in [-0.2, 0) is 14.8 Å². The van der Waals surface area contributed by atoms with Gasteiger partial charge in [0, 0.05) is 10.5 Å². The van der Waals surface area contributed by atoms with Gasteiger partial charge in [-0.2, -0.15) is 0 Å². The highest BCUT2D eigenvalue weighted by molar-refractivity contribution is 9.10. The van der Waals surface area contributed by atoms with Crippen LogP contribution < -0.4 is 19.1 Å². The van der Waals surface area contributed by atoms with Gasteiger partial charge in [-0.15, -0.1) is 0 Å². The molecule has 0 heterocycles. The molecule has 0 aliphatic heterocycles. The Hall–Kier alpha value is -3.11. The van der Waals surface area contributed by atoms with Gasteiger partial charge in [0.2, 0.25) is 5.91 Å². The van der Waals surface area contributed by atoms with Crippen molar-refractivity contribution in [2.24, 2.45) is 0 Å². The largest absolute Gasteiger partial charge is 0.497 e. The lowest BCUT2D eigenvalue weighted by molar-refractivity contribution is -0.114. The molecule has 0 aliphatic rings. The van der Waals surface area contributed by atoms with Crippen LogP contribution in [0.4, 0.5) is 15.8 Å². The quantitative estimate of drug-likeness (QED) is 0.472. The standard InChI is InChI=1S/C22H20BrFN2O5S/c1-30-16-9-11-21(31-2)20(13-16)26(32(28,29)17-6-4-3-5-7-17)14-22(27)25-19-10-8-15(23)12-18(19)24/h3-13H,14H2,1-2H3,(H,25,27). The molecule has 0 unspecified atom stereocenters. The second kappa shape index (κ2) is 10.0. The number of rotatable bonds is 8. The fourth-order valence-corrected chi connectivity index (χ4v) is 4.70. The Labute approximate surface area is 193 Å². The first-order valence-electron chi connectivity index (χ1n) is 9.31. The van der Waals surface area contributed by atoms with Crippen molar-refractivity contribution in [2.75, 3.05) is 30.4 Å². The Balaban J connectivity index is 2.04. The Morgan fingerprint density at radius 1 is 1.03 bits per heavy atom. The lowest BCUT2D eigenvalue weighted by Crippen LogP contribution is -2.38. The summed E-state index contributed by atoms with van der Waals surface area (Å²) in [5, 5.41) is 2.41. The van der Waals surface area contributed by atoms with Crippen LogP contribution in [0.5, 0.6) is 11.5 Å². The second-order valence-corrected chi connectivity index (χ2v) is 9.31. The average Bonchev–Trinajstić information content (AvgIpc) is 2.79. The van der Waals surface area contributed by atoms with Crippen molar-refractivity contribution in [2.45, 2.75) is 4.90 Å². The van der Waals surface area contributed by atoms with Crippen LogP contribution in [0, 0.1) is 5.82 Å². The first kappa shape index (κ1) is 23.6. The van der Waals surface area contributed by atoms with E-state index in [1.165, 1.54) is 50.6 Å². The van der Waals surface area contributed by atoms with E-state index in [1.54, 1.807) is 30.3 Å². The van der Waals surface area contributed by atoms with Crippen molar-refractivity contribution in [1.82, 2.24) is 0 Å². The topological polar surface area (TPSA) is 84.9 Å². The van der Waals surface area contributed by atoms with Crippen molar-refractivity contribution < 1.29 is 27.1 Å². The van der Waals surface area contributed by atoms with Crippen molar-refractivity contribution in [3.05, 3.63) is 77.0 Å². The fourth-order valence-electron chi connectivity index (χ4n) is 2.92. The van der Waals surface area contributed by atoms with E-state index >= 15 is 0 Å². The number of amides is 1. The Bertz CT molecular complexity index is 1220. The van der Waals surface area contributed by atoms with Gasteiger partial charge >= 0.3 is 0 Å².